The predicted molar refractivity (Wildman–Crippen MR) is 72.5 cm³/mol. The number of hydrogen-bond acceptors (Lipinski definition) is 3. The lowest BCUT2D eigenvalue weighted by atomic mass is 9.92. The van der Waals surface area contributed by atoms with Crippen LogP contribution in [0.25, 0.3) is 0 Å². The van der Waals surface area contributed by atoms with Gasteiger partial charge in [-0.25, -0.2) is 4.98 Å². The Kier molecular flexibility index (Phi) is 4.07. The van der Waals surface area contributed by atoms with E-state index in [-0.39, 0.29) is 5.60 Å². The fourth-order valence-corrected chi connectivity index (χ4v) is 2.78. The molecule has 1 fully saturated rings. The third kappa shape index (κ3) is 3.33. The van der Waals surface area contributed by atoms with Crippen molar-refractivity contribution in [2.75, 3.05) is 13.2 Å². The molecule has 2 heterocycles. The van der Waals surface area contributed by atoms with Crippen LogP contribution in [-0.2, 0) is 11.3 Å². The lowest BCUT2D eigenvalue weighted by molar-refractivity contribution is -0.0839. The van der Waals surface area contributed by atoms with E-state index in [9.17, 15) is 0 Å². The molecule has 1 saturated heterocycles. The Labute approximate surface area is 110 Å². The van der Waals surface area contributed by atoms with Crippen LogP contribution < -0.4 is 0 Å². The molecule has 1 atom stereocenters. The van der Waals surface area contributed by atoms with Gasteiger partial charge >= 0.3 is 0 Å². The molecule has 4 nitrogen and oxygen atoms in total. The summed E-state index contributed by atoms with van der Waals surface area (Å²) in [4.78, 5) is 10.1. The highest BCUT2D eigenvalue weighted by atomic mass is 16.5. The number of rotatable bonds is 4. The summed E-state index contributed by atoms with van der Waals surface area (Å²) in [6.07, 6.45) is 4.18. The van der Waals surface area contributed by atoms with Crippen molar-refractivity contribution < 1.29 is 4.74 Å². The van der Waals surface area contributed by atoms with Crippen LogP contribution in [0.3, 0.4) is 0 Å². The lowest BCUT2D eigenvalue weighted by Crippen LogP contribution is -2.45. The number of ether oxygens (including phenoxy) is 1. The standard InChI is InChI=1S/C14H25N3O/c1-5-17(10-12-9-15-11(2)16-12)13-6-7-18-14(3,4)8-13/h9,13H,5-8,10H2,1-4H3,(H,15,16)/t13-/m0/s1. The molecule has 4 heteroatoms. The monoisotopic (exact) mass is 251 g/mol. The van der Waals surface area contributed by atoms with E-state index in [0.717, 1.165) is 38.4 Å². The predicted octanol–water partition coefficient (Wildman–Crippen LogP) is 2.50. The van der Waals surface area contributed by atoms with Crippen molar-refractivity contribution in [3.63, 3.8) is 0 Å². The number of nitrogens with one attached hydrogen (secondary N) is 1. The van der Waals surface area contributed by atoms with Gasteiger partial charge in [-0.05, 0) is 40.2 Å². The van der Waals surface area contributed by atoms with Gasteiger partial charge in [-0.15, -0.1) is 0 Å². The van der Waals surface area contributed by atoms with E-state index in [0.29, 0.717) is 6.04 Å². The average molecular weight is 251 g/mol. The molecule has 2 rings (SSSR count). The van der Waals surface area contributed by atoms with E-state index < -0.39 is 0 Å². The minimum absolute atomic E-state index is 0.0141. The molecular weight excluding hydrogens is 226 g/mol. The molecule has 1 aromatic heterocycles. The summed E-state index contributed by atoms with van der Waals surface area (Å²) >= 11 is 0. The van der Waals surface area contributed by atoms with Crippen molar-refractivity contribution in [3.05, 3.63) is 17.7 Å². The summed E-state index contributed by atoms with van der Waals surface area (Å²) < 4.78 is 5.80. The highest BCUT2D eigenvalue weighted by Crippen LogP contribution is 2.28. The molecule has 0 amide bonds. The van der Waals surface area contributed by atoms with Crippen molar-refractivity contribution in [2.24, 2.45) is 0 Å². The Hall–Kier alpha value is -0.870. The highest BCUT2D eigenvalue weighted by molar-refractivity contribution is 5.00. The van der Waals surface area contributed by atoms with E-state index in [1.54, 1.807) is 0 Å². The molecule has 1 aromatic rings. The van der Waals surface area contributed by atoms with Gasteiger partial charge < -0.3 is 9.72 Å². The zero-order chi connectivity index (χ0) is 13.2. The molecule has 0 unspecified atom stereocenters. The van der Waals surface area contributed by atoms with Crippen LogP contribution in [0.1, 0.15) is 45.1 Å². The summed E-state index contributed by atoms with van der Waals surface area (Å²) in [7, 11) is 0. The van der Waals surface area contributed by atoms with Gasteiger partial charge in [0.05, 0.1) is 5.60 Å². The molecule has 0 bridgehead atoms. The van der Waals surface area contributed by atoms with Crippen LogP contribution in [-0.4, -0.2) is 39.7 Å². The lowest BCUT2D eigenvalue weighted by Gasteiger charge is -2.40. The number of nitrogens with zero attached hydrogens (tertiary/aromatic N) is 2. The number of aryl methyl sites for hydroxylation is 1. The van der Waals surface area contributed by atoms with E-state index in [4.69, 9.17) is 4.74 Å². The molecule has 1 aliphatic heterocycles. The van der Waals surface area contributed by atoms with E-state index in [1.165, 1.54) is 5.69 Å². The molecule has 0 aliphatic carbocycles. The van der Waals surface area contributed by atoms with Crippen molar-refractivity contribution in [3.8, 4) is 0 Å². The van der Waals surface area contributed by atoms with E-state index >= 15 is 0 Å². The largest absolute Gasteiger partial charge is 0.375 e. The van der Waals surface area contributed by atoms with Gasteiger partial charge in [0, 0.05) is 31.1 Å². The first-order valence-electron chi connectivity index (χ1n) is 6.88. The van der Waals surface area contributed by atoms with Gasteiger partial charge in [0.1, 0.15) is 5.82 Å². The summed E-state index contributed by atoms with van der Waals surface area (Å²) in [5, 5.41) is 0. The first-order chi connectivity index (χ1) is 8.50. The molecule has 102 valence electrons. The maximum atomic E-state index is 5.80. The van der Waals surface area contributed by atoms with Crippen molar-refractivity contribution >= 4 is 0 Å². The molecule has 1 aliphatic rings. The molecule has 0 radical (unpaired) electrons. The average Bonchev–Trinajstić information content (AvgIpc) is 2.70. The van der Waals surface area contributed by atoms with Crippen molar-refractivity contribution in [1.82, 2.24) is 14.9 Å². The van der Waals surface area contributed by atoms with Crippen LogP contribution in [0, 0.1) is 6.92 Å². The fourth-order valence-electron chi connectivity index (χ4n) is 2.78. The molecule has 0 saturated carbocycles. The van der Waals surface area contributed by atoms with Crippen LogP contribution in [0.15, 0.2) is 6.20 Å². The Morgan fingerprint density at radius 3 is 2.89 bits per heavy atom. The van der Waals surface area contributed by atoms with E-state index in [2.05, 4.69) is 35.6 Å². The molecule has 1 N–H and O–H groups in total. The zero-order valence-electron chi connectivity index (χ0n) is 12.0. The molecule has 0 spiro atoms. The van der Waals surface area contributed by atoms with Crippen LogP contribution in [0.4, 0.5) is 0 Å². The Morgan fingerprint density at radius 2 is 2.33 bits per heavy atom. The van der Waals surface area contributed by atoms with Gasteiger partial charge in [0.2, 0.25) is 0 Å². The first kappa shape index (κ1) is 13.6. The second-order valence-electron chi connectivity index (χ2n) is 5.81. The number of imidazole rings is 1. The van der Waals surface area contributed by atoms with Gasteiger partial charge in [-0.3, -0.25) is 4.90 Å². The Bertz CT molecular complexity index is 386. The van der Waals surface area contributed by atoms with Crippen molar-refractivity contribution in [2.45, 2.75) is 58.7 Å². The Balaban J connectivity index is 1.99. The maximum absolute atomic E-state index is 5.80. The van der Waals surface area contributed by atoms with Crippen LogP contribution >= 0.6 is 0 Å². The van der Waals surface area contributed by atoms with Gasteiger partial charge in [0.25, 0.3) is 0 Å². The summed E-state index contributed by atoms with van der Waals surface area (Å²) in [5.41, 5.74) is 1.22. The molecule has 0 aromatic carbocycles. The summed E-state index contributed by atoms with van der Waals surface area (Å²) in [5.74, 6) is 0.994. The number of hydrogen-bond donors (Lipinski definition) is 1. The molecule has 18 heavy (non-hydrogen) atoms. The normalized spacial score (nSPS) is 23.5. The quantitative estimate of drug-likeness (QED) is 0.894. The first-order valence-corrected chi connectivity index (χ1v) is 6.88. The summed E-state index contributed by atoms with van der Waals surface area (Å²) in [6, 6.07) is 0.613. The van der Waals surface area contributed by atoms with Gasteiger partial charge in [-0.2, -0.15) is 0 Å². The Morgan fingerprint density at radius 1 is 1.56 bits per heavy atom. The summed E-state index contributed by atoms with van der Waals surface area (Å²) in [6.45, 7) is 11.5. The van der Waals surface area contributed by atoms with E-state index in [1.807, 2.05) is 13.1 Å². The number of aromatic amines is 1. The SMILES string of the molecule is CCN(Cc1cnc(C)[nH]1)[C@H]1CCOC(C)(C)C1. The van der Waals surface area contributed by atoms with Crippen LogP contribution in [0.5, 0.6) is 0 Å². The van der Waals surface area contributed by atoms with Crippen molar-refractivity contribution in [1.29, 1.82) is 0 Å². The van der Waals surface area contributed by atoms with Crippen LogP contribution in [0.2, 0.25) is 0 Å². The number of H-pyrrole nitrogens is 1. The number of aromatic nitrogens is 2. The topological polar surface area (TPSA) is 41.2 Å². The molecular formula is C14H25N3O. The van der Waals surface area contributed by atoms with Gasteiger partial charge in [-0.1, -0.05) is 6.92 Å². The minimum Gasteiger partial charge on any atom is -0.375 e. The highest BCUT2D eigenvalue weighted by Gasteiger charge is 2.31. The van der Waals surface area contributed by atoms with Gasteiger partial charge in [0.15, 0.2) is 0 Å². The smallest absolute Gasteiger partial charge is 0.103 e. The second-order valence-corrected chi connectivity index (χ2v) is 5.81. The third-order valence-electron chi connectivity index (χ3n) is 3.72. The zero-order valence-corrected chi connectivity index (χ0v) is 12.0. The maximum Gasteiger partial charge on any atom is 0.103 e. The second kappa shape index (κ2) is 5.41. The minimum atomic E-state index is 0.0141. The third-order valence-corrected chi connectivity index (χ3v) is 3.72. The fraction of sp³-hybridized carbons (Fsp3) is 0.786.